The summed E-state index contributed by atoms with van der Waals surface area (Å²) >= 11 is 0. The lowest BCUT2D eigenvalue weighted by atomic mass is 9.77. The van der Waals surface area contributed by atoms with E-state index >= 15 is 0 Å². The summed E-state index contributed by atoms with van der Waals surface area (Å²) < 4.78 is 0. The minimum Gasteiger partial charge on any atom is -0.0533 e. The first-order valence-corrected chi connectivity index (χ1v) is 17.3. The van der Waals surface area contributed by atoms with Gasteiger partial charge in [-0.15, -0.1) is 0 Å². The molecule has 2 saturated carbocycles. The molecule has 0 N–H and O–H groups in total. The Morgan fingerprint density at radius 1 is 0.229 bits per heavy atom. The van der Waals surface area contributed by atoms with Crippen LogP contribution < -0.4 is 0 Å². The maximum absolute atomic E-state index is 2.02. The molecule has 1 unspecified atom stereocenters. The fourth-order valence-corrected chi connectivity index (χ4v) is 6.99. The van der Waals surface area contributed by atoms with Crippen LogP contribution in [0.5, 0.6) is 0 Å². The van der Waals surface area contributed by atoms with Crippen LogP contribution in [0.4, 0.5) is 0 Å². The lowest BCUT2D eigenvalue weighted by Crippen LogP contribution is -2.14. The van der Waals surface area contributed by atoms with Crippen molar-refractivity contribution in [3.8, 4) is 0 Å². The Labute approximate surface area is 223 Å². The third-order valence-electron chi connectivity index (χ3n) is 9.43. The highest BCUT2D eigenvalue weighted by molar-refractivity contribution is 4.96. The summed E-state index contributed by atoms with van der Waals surface area (Å²) in [6.07, 6.45) is 49.5. The Bertz CT molecular complexity index is 374. The van der Waals surface area contributed by atoms with Crippen LogP contribution in [0.25, 0.3) is 0 Å². The van der Waals surface area contributed by atoms with Gasteiger partial charge in [0.15, 0.2) is 0 Å². The zero-order valence-corrected chi connectivity index (χ0v) is 24.4. The molecule has 2 aliphatic carbocycles. The Morgan fingerprint density at radius 3 is 0.686 bits per heavy atom. The molecular weight excluding hydrogens is 420 g/mol. The normalized spacial score (nSPS) is 27.3. The van der Waals surface area contributed by atoms with Gasteiger partial charge in [0.2, 0.25) is 0 Å². The van der Waals surface area contributed by atoms with Gasteiger partial charge in [0, 0.05) is 0 Å². The van der Waals surface area contributed by atoms with Gasteiger partial charge in [0.05, 0.1) is 0 Å². The van der Waals surface area contributed by atoms with Crippen molar-refractivity contribution in [1.82, 2.24) is 0 Å². The van der Waals surface area contributed by atoms with Gasteiger partial charge in [-0.2, -0.15) is 0 Å². The predicted octanol–water partition coefficient (Wildman–Crippen LogP) is 13.1. The van der Waals surface area contributed by atoms with Crippen LogP contribution >= 0.6 is 0 Å². The molecule has 0 aliphatic heterocycles. The van der Waals surface area contributed by atoms with Gasteiger partial charge >= 0.3 is 0 Å². The first-order chi connectivity index (χ1) is 17.5. The van der Waals surface area contributed by atoms with E-state index in [-0.39, 0.29) is 0 Å². The Balaban J connectivity index is 1.76. The van der Waals surface area contributed by atoms with E-state index < -0.39 is 0 Å². The quantitative estimate of drug-likeness (QED) is 0.318. The number of hydrogen-bond donors (Lipinski definition) is 0. The van der Waals surface area contributed by atoms with Crippen molar-refractivity contribution in [2.24, 2.45) is 5.92 Å². The van der Waals surface area contributed by atoms with E-state index in [1.165, 1.54) is 212 Å². The van der Waals surface area contributed by atoms with E-state index in [4.69, 9.17) is 0 Å². The van der Waals surface area contributed by atoms with Gasteiger partial charge in [0.1, 0.15) is 0 Å². The highest BCUT2D eigenvalue weighted by Crippen LogP contribution is 2.35. The molecule has 0 aromatic heterocycles. The largest absolute Gasteiger partial charge is 0.0533 e. The van der Waals surface area contributed by atoms with Crippen molar-refractivity contribution < 1.29 is 0 Å². The molecule has 0 aromatic rings. The molecule has 0 spiro atoms. The maximum Gasteiger partial charge on any atom is -0.0210 e. The Hall–Kier alpha value is 0. The van der Waals surface area contributed by atoms with Crippen LogP contribution in [0.3, 0.4) is 0 Å². The predicted molar refractivity (Wildman–Crippen MR) is 159 cm³/mol. The molecule has 35 heavy (non-hydrogen) atoms. The van der Waals surface area contributed by atoms with Gasteiger partial charge < -0.3 is 0 Å². The highest BCUT2D eigenvalue weighted by Gasteiger charge is 2.21. The molecule has 0 bridgehead atoms. The van der Waals surface area contributed by atoms with E-state index in [1.807, 2.05) is 5.92 Å². The zero-order chi connectivity index (χ0) is 24.5. The second kappa shape index (κ2) is 24.3. The molecule has 0 aromatic carbocycles. The minimum absolute atomic E-state index is 0.976. The number of fused-ring (bicyclic) bond motifs is 1. The SMILES string of the molecule is C1CCCCCCCCCCC[C]2CCCCCCCCCCC2CCCCCCCCCCC1. The van der Waals surface area contributed by atoms with Crippen molar-refractivity contribution >= 4 is 0 Å². The smallest absolute Gasteiger partial charge is 0.0210 e. The second-order valence-corrected chi connectivity index (χ2v) is 12.7. The average molecular weight is 488 g/mol. The number of hydrogen-bond acceptors (Lipinski definition) is 0. The van der Waals surface area contributed by atoms with Gasteiger partial charge in [-0.1, -0.05) is 186 Å². The fraction of sp³-hybridized carbons (Fsp3) is 0.971. The van der Waals surface area contributed by atoms with Crippen LogP contribution in [0.2, 0.25) is 0 Å². The fourth-order valence-electron chi connectivity index (χ4n) is 6.99. The molecular formula is C35H67. The van der Waals surface area contributed by atoms with Crippen LogP contribution in [-0.2, 0) is 0 Å². The van der Waals surface area contributed by atoms with E-state index in [9.17, 15) is 0 Å². The first kappa shape index (κ1) is 31.2. The first-order valence-electron chi connectivity index (χ1n) is 17.3. The number of rotatable bonds is 0. The summed E-state index contributed by atoms with van der Waals surface area (Å²) in [4.78, 5) is 0. The average Bonchev–Trinajstić information content (AvgIpc) is 2.86. The summed E-state index contributed by atoms with van der Waals surface area (Å²) in [6, 6.07) is 0. The topological polar surface area (TPSA) is 0 Å². The molecule has 1 radical (unpaired) electrons. The molecule has 2 aliphatic rings. The van der Waals surface area contributed by atoms with Crippen molar-refractivity contribution in [3.63, 3.8) is 0 Å². The van der Waals surface area contributed by atoms with Crippen molar-refractivity contribution in [2.45, 2.75) is 212 Å². The third-order valence-corrected chi connectivity index (χ3v) is 9.43. The molecule has 2 fully saturated rings. The molecule has 0 amide bonds. The molecule has 1 atom stereocenters. The highest BCUT2D eigenvalue weighted by atomic mass is 14.3. The van der Waals surface area contributed by atoms with Crippen LogP contribution in [0, 0.1) is 11.8 Å². The molecule has 0 heteroatoms. The van der Waals surface area contributed by atoms with Gasteiger partial charge in [-0.05, 0) is 37.5 Å². The van der Waals surface area contributed by atoms with Crippen molar-refractivity contribution in [1.29, 1.82) is 0 Å². The molecule has 0 heterocycles. The van der Waals surface area contributed by atoms with Crippen molar-refractivity contribution in [3.05, 3.63) is 5.92 Å². The third kappa shape index (κ3) is 18.8. The monoisotopic (exact) mass is 488 g/mol. The molecule has 2 rings (SSSR count). The van der Waals surface area contributed by atoms with E-state index in [1.54, 1.807) is 0 Å². The summed E-state index contributed by atoms with van der Waals surface area (Å²) in [7, 11) is 0. The lowest BCUT2D eigenvalue weighted by Gasteiger charge is -2.28. The standard InChI is InChI=1S/C35H67/c1-2-4-6-8-10-12-14-18-22-26-30-34-32-28-24-20-16-17-21-25-29-33-35(34)31-27-23-19-15-13-11-9-7-5-3-1/h34H,1-33H2. The van der Waals surface area contributed by atoms with Crippen LogP contribution in [-0.4, -0.2) is 0 Å². The molecule has 0 saturated heterocycles. The summed E-state index contributed by atoms with van der Waals surface area (Å²) in [6.45, 7) is 0. The summed E-state index contributed by atoms with van der Waals surface area (Å²) in [5.74, 6) is 3.00. The van der Waals surface area contributed by atoms with Gasteiger partial charge in [-0.3, -0.25) is 0 Å². The van der Waals surface area contributed by atoms with Crippen molar-refractivity contribution in [2.75, 3.05) is 0 Å². The summed E-state index contributed by atoms with van der Waals surface area (Å²) in [5.41, 5.74) is 0. The minimum atomic E-state index is 0.976. The van der Waals surface area contributed by atoms with Crippen LogP contribution in [0.1, 0.15) is 212 Å². The van der Waals surface area contributed by atoms with Crippen LogP contribution in [0.15, 0.2) is 0 Å². The van der Waals surface area contributed by atoms with E-state index in [2.05, 4.69) is 0 Å². The summed E-state index contributed by atoms with van der Waals surface area (Å²) in [5, 5.41) is 0. The second-order valence-electron chi connectivity index (χ2n) is 12.7. The molecule has 0 nitrogen and oxygen atoms in total. The lowest BCUT2D eigenvalue weighted by molar-refractivity contribution is 0.366. The van der Waals surface area contributed by atoms with Gasteiger partial charge in [-0.25, -0.2) is 0 Å². The Morgan fingerprint density at radius 2 is 0.429 bits per heavy atom. The van der Waals surface area contributed by atoms with E-state index in [0.29, 0.717) is 0 Å². The van der Waals surface area contributed by atoms with Gasteiger partial charge in [0.25, 0.3) is 0 Å². The van der Waals surface area contributed by atoms with E-state index in [0.717, 1.165) is 5.92 Å². The maximum atomic E-state index is 2.02. The Kier molecular flexibility index (Phi) is 21.7. The molecule has 207 valence electrons. The zero-order valence-electron chi connectivity index (χ0n) is 24.4.